The van der Waals surface area contributed by atoms with Crippen LogP contribution in [0.1, 0.15) is 5.56 Å². The average molecular weight is 423 g/mol. The lowest BCUT2D eigenvalue weighted by molar-refractivity contribution is 0.523. The van der Waals surface area contributed by atoms with Crippen molar-refractivity contribution in [2.24, 2.45) is 0 Å². The van der Waals surface area contributed by atoms with Crippen LogP contribution < -0.4 is 10.3 Å². The van der Waals surface area contributed by atoms with Crippen molar-refractivity contribution in [3.8, 4) is 16.9 Å². The van der Waals surface area contributed by atoms with Gasteiger partial charge in [-0.3, -0.25) is 14.0 Å². The number of hydrogen-bond acceptors (Lipinski definition) is 5. The van der Waals surface area contributed by atoms with Crippen LogP contribution in [0.15, 0.2) is 71.8 Å². The third-order valence-electron chi connectivity index (χ3n) is 4.58. The van der Waals surface area contributed by atoms with Gasteiger partial charge in [-0.1, -0.05) is 18.2 Å². The number of rotatable bonds is 6. The number of halogens is 1. The Hall–Kier alpha value is -3.27. The molecule has 1 unspecified atom stereocenters. The number of fused-ring (bicyclic) bond motifs is 1. The van der Waals surface area contributed by atoms with E-state index in [1.54, 1.807) is 24.5 Å². The van der Waals surface area contributed by atoms with E-state index >= 15 is 0 Å². The summed E-state index contributed by atoms with van der Waals surface area (Å²) in [6.07, 6.45) is 3.73. The van der Waals surface area contributed by atoms with Crippen molar-refractivity contribution in [3.63, 3.8) is 0 Å². The van der Waals surface area contributed by atoms with Gasteiger partial charge in [0.05, 0.1) is 11.1 Å². The summed E-state index contributed by atoms with van der Waals surface area (Å²) in [5.41, 5.74) is 2.18. The van der Waals surface area contributed by atoms with Crippen LogP contribution in [0.5, 0.6) is 0 Å². The smallest absolute Gasteiger partial charge is 0.279 e. The van der Waals surface area contributed by atoms with Gasteiger partial charge in [-0.15, -0.1) is 0 Å². The minimum atomic E-state index is -2.33. The molecule has 0 saturated carbocycles. The van der Waals surface area contributed by atoms with Crippen molar-refractivity contribution in [1.29, 1.82) is 0 Å². The highest BCUT2D eigenvalue weighted by molar-refractivity contribution is 7.77. The Kier molecular flexibility index (Phi) is 5.75. The maximum atomic E-state index is 13.3. The normalized spacial score (nSPS) is 12.2. The molecule has 7 nitrogen and oxygen atoms in total. The molecule has 2 aromatic heterocycles. The first-order valence-corrected chi connectivity index (χ1v) is 10.2. The second-order valence-corrected chi connectivity index (χ2v) is 7.31. The fourth-order valence-electron chi connectivity index (χ4n) is 3.19. The minimum absolute atomic E-state index is 0.241. The molecule has 9 heteroatoms. The molecule has 1 N–H and O–H groups in total. The maximum Gasteiger partial charge on any atom is 0.279 e. The summed E-state index contributed by atoms with van der Waals surface area (Å²) in [5, 5.41) is 5.69. The van der Waals surface area contributed by atoms with E-state index < -0.39 is 17.1 Å². The van der Waals surface area contributed by atoms with Crippen molar-refractivity contribution in [1.82, 2.24) is 19.5 Å². The van der Waals surface area contributed by atoms with Crippen molar-refractivity contribution in [3.05, 3.63) is 88.7 Å². The zero-order valence-electron chi connectivity index (χ0n) is 15.6. The molecule has 4 aromatic rings. The molecule has 0 radical (unpaired) electrons. The lowest BCUT2D eigenvalue weighted by Gasteiger charge is -2.12. The van der Waals surface area contributed by atoms with Gasteiger partial charge in [0.15, 0.2) is 0 Å². The Bertz CT molecular complexity index is 1290. The lowest BCUT2D eigenvalue weighted by atomic mass is 10.0. The molecule has 0 bridgehead atoms. The third-order valence-corrected chi connectivity index (χ3v) is 5.02. The Morgan fingerprint density at radius 2 is 1.80 bits per heavy atom. The van der Waals surface area contributed by atoms with Crippen LogP contribution in [0.3, 0.4) is 0 Å². The van der Waals surface area contributed by atoms with Gasteiger partial charge in [-0.05, 0) is 48.4 Å². The fourth-order valence-corrected chi connectivity index (χ4v) is 3.46. The van der Waals surface area contributed by atoms with Gasteiger partial charge < -0.3 is 4.55 Å². The third kappa shape index (κ3) is 4.18. The van der Waals surface area contributed by atoms with Gasteiger partial charge in [-0.2, -0.15) is 9.78 Å². The first-order valence-electron chi connectivity index (χ1n) is 9.08. The first kappa shape index (κ1) is 20.0. The Balaban J connectivity index is 1.85. The topological polar surface area (TPSA) is 99.9 Å². The monoisotopic (exact) mass is 423 g/mol. The zero-order chi connectivity index (χ0) is 21.1. The number of hydrogen-bond donors (Lipinski definition) is 1. The van der Waals surface area contributed by atoms with Crippen LogP contribution in [-0.4, -0.2) is 30.1 Å². The molecule has 0 aliphatic heterocycles. The van der Waals surface area contributed by atoms with Crippen molar-refractivity contribution in [2.45, 2.75) is 6.42 Å². The van der Waals surface area contributed by atoms with Crippen LogP contribution in [0, 0.1) is 5.82 Å². The number of aromatic nitrogens is 3. The van der Waals surface area contributed by atoms with E-state index in [2.05, 4.69) is 14.8 Å². The predicted octanol–water partition coefficient (Wildman–Crippen LogP) is 2.51. The molecule has 1 atom stereocenters. The van der Waals surface area contributed by atoms with E-state index in [-0.39, 0.29) is 12.1 Å². The predicted molar refractivity (Wildman–Crippen MR) is 111 cm³/mol. The van der Waals surface area contributed by atoms with Crippen molar-refractivity contribution in [2.75, 3.05) is 6.54 Å². The number of nitrogens with zero attached hydrogens (tertiary/aromatic N) is 3. The van der Waals surface area contributed by atoms with Gasteiger partial charge in [0.1, 0.15) is 11.5 Å². The minimum Gasteiger partial charge on any atom is -0.760 e. The molecule has 30 heavy (non-hydrogen) atoms. The molecule has 4 rings (SSSR count). The van der Waals surface area contributed by atoms with Crippen LogP contribution in [0.4, 0.5) is 4.39 Å². The summed E-state index contributed by atoms with van der Waals surface area (Å²) in [5.74, 6) is -0.405. The highest BCUT2D eigenvalue weighted by Crippen LogP contribution is 2.25. The quantitative estimate of drug-likeness (QED) is 0.481. The largest absolute Gasteiger partial charge is 0.760 e. The molecule has 0 fully saturated rings. The van der Waals surface area contributed by atoms with Crippen LogP contribution >= 0.6 is 0 Å². The molecule has 2 heterocycles. The van der Waals surface area contributed by atoms with E-state index in [9.17, 15) is 17.9 Å². The van der Waals surface area contributed by atoms with E-state index in [4.69, 9.17) is 0 Å². The molecule has 0 spiro atoms. The fraction of sp³-hybridized carbons (Fsp3) is 0.0952. The Labute approximate surface area is 173 Å². The molecular weight excluding hydrogens is 407 g/mol. The zero-order valence-corrected chi connectivity index (χ0v) is 16.4. The van der Waals surface area contributed by atoms with Crippen LogP contribution in [0.25, 0.3) is 27.7 Å². The Morgan fingerprint density at radius 3 is 2.53 bits per heavy atom. The van der Waals surface area contributed by atoms with E-state index in [1.165, 1.54) is 28.9 Å². The van der Waals surface area contributed by atoms with Crippen molar-refractivity contribution < 1.29 is 13.2 Å². The number of nitrogens with one attached hydrogen (secondary N) is 1. The molecule has 0 aliphatic carbocycles. The summed E-state index contributed by atoms with van der Waals surface area (Å²) >= 11 is -2.33. The molecule has 2 aromatic carbocycles. The van der Waals surface area contributed by atoms with Crippen LogP contribution in [-0.2, 0) is 17.7 Å². The Morgan fingerprint density at radius 1 is 1.07 bits per heavy atom. The molecule has 0 amide bonds. The van der Waals surface area contributed by atoms with E-state index in [0.29, 0.717) is 34.1 Å². The second-order valence-electron chi connectivity index (χ2n) is 6.55. The second kappa shape index (κ2) is 8.62. The van der Waals surface area contributed by atoms with Gasteiger partial charge >= 0.3 is 0 Å². The summed E-state index contributed by atoms with van der Waals surface area (Å²) < 4.78 is 38.2. The van der Waals surface area contributed by atoms with Gasteiger partial charge in [-0.25, -0.2) is 9.11 Å². The number of pyridine rings is 1. The summed E-state index contributed by atoms with van der Waals surface area (Å²) in [6, 6.07) is 14.5. The maximum absolute atomic E-state index is 13.3. The highest BCUT2D eigenvalue weighted by Gasteiger charge is 2.14. The van der Waals surface area contributed by atoms with E-state index in [0.717, 1.165) is 5.56 Å². The highest BCUT2D eigenvalue weighted by atomic mass is 32.2. The van der Waals surface area contributed by atoms with Gasteiger partial charge in [0, 0.05) is 41.2 Å². The van der Waals surface area contributed by atoms with Crippen molar-refractivity contribution >= 4 is 22.0 Å². The average Bonchev–Trinajstić information content (AvgIpc) is 2.75. The van der Waals surface area contributed by atoms with Gasteiger partial charge in [0.25, 0.3) is 5.56 Å². The van der Waals surface area contributed by atoms with Gasteiger partial charge in [0.2, 0.25) is 0 Å². The number of benzene rings is 2. The van der Waals surface area contributed by atoms with Crippen LogP contribution in [0.2, 0.25) is 0 Å². The first-order chi connectivity index (χ1) is 14.5. The standard InChI is InChI=1S/C21H17FN4O3S/c22-16-5-7-17(8-6-16)26-21(27)19-4-2-1-3-18(19)20(25-26)15-11-14(12-23-13-15)9-10-24-30(28)29/h1-8,11-13,24H,9-10H2,(H,28,29)/p-1. The summed E-state index contributed by atoms with van der Waals surface area (Å²) in [7, 11) is 0. The molecule has 0 saturated heterocycles. The SMILES string of the molecule is O=c1c2ccccc2c(-c2cncc(CCNS(=O)[O-])c2)nn1-c1ccc(F)cc1. The lowest BCUT2D eigenvalue weighted by Crippen LogP contribution is -2.22. The molecule has 152 valence electrons. The summed E-state index contributed by atoms with van der Waals surface area (Å²) in [6.45, 7) is 0.241. The molecular formula is C21H16FN4O3S-. The molecule has 0 aliphatic rings. The summed E-state index contributed by atoms with van der Waals surface area (Å²) in [4.78, 5) is 17.2. The van der Waals surface area contributed by atoms with E-state index in [1.807, 2.05) is 18.2 Å².